The Morgan fingerprint density at radius 1 is 1.60 bits per heavy atom. The summed E-state index contributed by atoms with van der Waals surface area (Å²) in [5, 5.41) is 8.82. The fourth-order valence-electron chi connectivity index (χ4n) is 2.06. The second-order valence-electron chi connectivity index (χ2n) is 4.21. The number of piperidine rings is 1. The molecule has 1 unspecified atom stereocenters. The molecular formula is C12H15N3. The zero-order valence-electron chi connectivity index (χ0n) is 8.98. The van der Waals surface area contributed by atoms with Gasteiger partial charge in [-0.3, -0.25) is 0 Å². The lowest BCUT2D eigenvalue weighted by atomic mass is 10.0. The molecule has 0 N–H and O–H groups in total. The van der Waals surface area contributed by atoms with Gasteiger partial charge in [-0.1, -0.05) is 6.92 Å². The van der Waals surface area contributed by atoms with Crippen molar-refractivity contribution in [3.05, 3.63) is 23.9 Å². The van der Waals surface area contributed by atoms with E-state index in [9.17, 15) is 0 Å². The van der Waals surface area contributed by atoms with Crippen LogP contribution < -0.4 is 4.90 Å². The van der Waals surface area contributed by atoms with Gasteiger partial charge in [0.05, 0.1) is 11.6 Å². The van der Waals surface area contributed by atoms with E-state index >= 15 is 0 Å². The summed E-state index contributed by atoms with van der Waals surface area (Å²) in [6.45, 7) is 4.38. The lowest BCUT2D eigenvalue weighted by molar-refractivity contribution is 0.444. The molecule has 0 saturated carbocycles. The monoisotopic (exact) mass is 201 g/mol. The number of hydrogen-bond acceptors (Lipinski definition) is 3. The predicted octanol–water partition coefficient (Wildman–Crippen LogP) is 2.19. The normalized spacial score (nSPS) is 21.1. The van der Waals surface area contributed by atoms with Crippen LogP contribution in [0.5, 0.6) is 0 Å². The van der Waals surface area contributed by atoms with Crippen molar-refractivity contribution in [2.45, 2.75) is 19.8 Å². The van der Waals surface area contributed by atoms with E-state index in [0.717, 1.165) is 24.8 Å². The molecule has 2 rings (SSSR count). The number of hydrogen-bond donors (Lipinski definition) is 0. The molecule has 1 atom stereocenters. The third-order valence-electron chi connectivity index (χ3n) is 2.86. The van der Waals surface area contributed by atoms with E-state index in [4.69, 9.17) is 5.26 Å². The summed E-state index contributed by atoms with van der Waals surface area (Å²) in [5.74, 6) is 1.67. The number of aromatic nitrogens is 1. The maximum absolute atomic E-state index is 8.82. The van der Waals surface area contributed by atoms with Gasteiger partial charge in [-0.15, -0.1) is 0 Å². The van der Waals surface area contributed by atoms with Crippen LogP contribution in [-0.4, -0.2) is 18.1 Å². The van der Waals surface area contributed by atoms with Gasteiger partial charge in [-0.05, 0) is 30.9 Å². The van der Waals surface area contributed by atoms with Gasteiger partial charge in [0.25, 0.3) is 0 Å². The van der Waals surface area contributed by atoms with Crippen molar-refractivity contribution in [3.63, 3.8) is 0 Å². The minimum absolute atomic E-state index is 0.693. The summed E-state index contributed by atoms with van der Waals surface area (Å²) in [7, 11) is 0. The molecule has 3 heteroatoms. The molecule has 0 amide bonds. The van der Waals surface area contributed by atoms with Crippen molar-refractivity contribution in [1.29, 1.82) is 5.26 Å². The van der Waals surface area contributed by atoms with Gasteiger partial charge in [0.2, 0.25) is 0 Å². The zero-order valence-corrected chi connectivity index (χ0v) is 8.98. The van der Waals surface area contributed by atoms with Crippen molar-refractivity contribution in [1.82, 2.24) is 4.98 Å². The Kier molecular flexibility index (Phi) is 2.86. The number of nitrogens with zero attached hydrogens (tertiary/aromatic N) is 3. The molecule has 3 nitrogen and oxygen atoms in total. The molecule has 0 aliphatic carbocycles. The molecule has 1 aliphatic rings. The Labute approximate surface area is 90.4 Å². The van der Waals surface area contributed by atoms with Crippen LogP contribution in [0.15, 0.2) is 18.3 Å². The van der Waals surface area contributed by atoms with Crippen LogP contribution in [-0.2, 0) is 0 Å². The Morgan fingerprint density at radius 2 is 2.47 bits per heavy atom. The standard InChI is InChI=1S/C12H15N3/c1-10-3-2-6-15(9-10)12-7-11(8-13)4-5-14-12/h4-5,7,10H,2-3,6,9H2,1H3. The molecule has 1 aliphatic heterocycles. The van der Waals surface area contributed by atoms with Gasteiger partial charge in [-0.25, -0.2) is 4.98 Å². The van der Waals surface area contributed by atoms with Crippen molar-refractivity contribution < 1.29 is 0 Å². The van der Waals surface area contributed by atoms with Gasteiger partial charge >= 0.3 is 0 Å². The van der Waals surface area contributed by atoms with E-state index in [2.05, 4.69) is 22.9 Å². The Hall–Kier alpha value is -1.56. The minimum Gasteiger partial charge on any atom is -0.356 e. The van der Waals surface area contributed by atoms with Crippen LogP contribution in [0.2, 0.25) is 0 Å². The third-order valence-corrected chi connectivity index (χ3v) is 2.86. The van der Waals surface area contributed by atoms with Crippen LogP contribution in [0, 0.1) is 17.2 Å². The smallest absolute Gasteiger partial charge is 0.129 e. The summed E-state index contributed by atoms with van der Waals surface area (Å²) in [6, 6.07) is 5.77. The number of anilines is 1. The zero-order chi connectivity index (χ0) is 10.7. The molecule has 1 fully saturated rings. The van der Waals surface area contributed by atoms with Crippen molar-refractivity contribution in [3.8, 4) is 6.07 Å². The van der Waals surface area contributed by atoms with Crippen molar-refractivity contribution >= 4 is 5.82 Å². The second kappa shape index (κ2) is 4.31. The highest BCUT2D eigenvalue weighted by atomic mass is 15.2. The second-order valence-corrected chi connectivity index (χ2v) is 4.21. The maximum atomic E-state index is 8.82. The molecule has 0 bridgehead atoms. The average Bonchev–Trinajstić information content (AvgIpc) is 2.29. The first-order chi connectivity index (χ1) is 7.29. The summed E-state index contributed by atoms with van der Waals surface area (Å²) in [6.07, 6.45) is 4.24. The summed E-state index contributed by atoms with van der Waals surface area (Å²) < 4.78 is 0. The van der Waals surface area contributed by atoms with Gasteiger partial charge in [0, 0.05) is 19.3 Å². The molecule has 0 aromatic carbocycles. The third kappa shape index (κ3) is 2.27. The van der Waals surface area contributed by atoms with E-state index in [1.807, 2.05) is 6.07 Å². The number of pyridine rings is 1. The van der Waals surface area contributed by atoms with Gasteiger partial charge in [-0.2, -0.15) is 5.26 Å². The van der Waals surface area contributed by atoms with Crippen LogP contribution in [0.25, 0.3) is 0 Å². The molecule has 2 heterocycles. The molecular weight excluding hydrogens is 186 g/mol. The highest BCUT2D eigenvalue weighted by Crippen LogP contribution is 2.21. The summed E-state index contributed by atoms with van der Waals surface area (Å²) in [5.41, 5.74) is 0.693. The first kappa shape index (κ1) is 9.97. The lowest BCUT2D eigenvalue weighted by Gasteiger charge is -2.31. The van der Waals surface area contributed by atoms with Crippen molar-refractivity contribution in [2.75, 3.05) is 18.0 Å². The van der Waals surface area contributed by atoms with Gasteiger partial charge in [0.15, 0.2) is 0 Å². The Balaban J connectivity index is 2.18. The SMILES string of the molecule is CC1CCCN(c2cc(C#N)ccn2)C1. The van der Waals surface area contributed by atoms with Gasteiger partial charge in [0.1, 0.15) is 5.82 Å². The first-order valence-electron chi connectivity index (χ1n) is 5.40. The Morgan fingerprint density at radius 3 is 3.20 bits per heavy atom. The molecule has 1 saturated heterocycles. The van der Waals surface area contributed by atoms with Crippen molar-refractivity contribution in [2.24, 2.45) is 5.92 Å². The number of rotatable bonds is 1. The van der Waals surface area contributed by atoms with E-state index in [1.165, 1.54) is 12.8 Å². The van der Waals surface area contributed by atoms with Crippen LogP contribution >= 0.6 is 0 Å². The highest BCUT2D eigenvalue weighted by Gasteiger charge is 2.17. The maximum Gasteiger partial charge on any atom is 0.129 e. The first-order valence-corrected chi connectivity index (χ1v) is 5.40. The fourth-order valence-corrected chi connectivity index (χ4v) is 2.06. The topological polar surface area (TPSA) is 39.9 Å². The average molecular weight is 201 g/mol. The lowest BCUT2D eigenvalue weighted by Crippen LogP contribution is -2.34. The molecule has 1 aromatic rings. The van der Waals surface area contributed by atoms with E-state index in [1.54, 1.807) is 12.3 Å². The molecule has 0 radical (unpaired) electrons. The van der Waals surface area contributed by atoms with Crippen LogP contribution in [0.4, 0.5) is 5.82 Å². The Bertz CT molecular complexity index is 381. The minimum atomic E-state index is 0.693. The summed E-state index contributed by atoms with van der Waals surface area (Å²) in [4.78, 5) is 6.59. The molecule has 1 aromatic heterocycles. The largest absolute Gasteiger partial charge is 0.356 e. The molecule has 78 valence electrons. The van der Waals surface area contributed by atoms with E-state index < -0.39 is 0 Å². The van der Waals surface area contributed by atoms with Gasteiger partial charge < -0.3 is 4.90 Å². The van der Waals surface area contributed by atoms with Crippen LogP contribution in [0.3, 0.4) is 0 Å². The quantitative estimate of drug-likeness (QED) is 0.699. The molecule has 15 heavy (non-hydrogen) atoms. The van der Waals surface area contributed by atoms with Crippen LogP contribution in [0.1, 0.15) is 25.3 Å². The van der Waals surface area contributed by atoms with E-state index in [0.29, 0.717) is 5.56 Å². The number of nitriles is 1. The highest BCUT2D eigenvalue weighted by molar-refractivity contribution is 5.45. The van der Waals surface area contributed by atoms with E-state index in [-0.39, 0.29) is 0 Å². The fraction of sp³-hybridized carbons (Fsp3) is 0.500. The molecule has 0 spiro atoms. The predicted molar refractivity (Wildman–Crippen MR) is 59.6 cm³/mol. The summed E-state index contributed by atoms with van der Waals surface area (Å²) >= 11 is 0.